The second-order valence-corrected chi connectivity index (χ2v) is 5.39. The molecule has 2 aromatic carbocycles. The van der Waals surface area contributed by atoms with E-state index < -0.39 is 6.61 Å². The summed E-state index contributed by atoms with van der Waals surface area (Å²) in [4.78, 5) is 4.13. The van der Waals surface area contributed by atoms with Crippen LogP contribution >= 0.6 is 24.0 Å². The van der Waals surface area contributed by atoms with E-state index in [0.717, 1.165) is 17.7 Å². The molecule has 2 N–H and O–H groups in total. The maximum atomic E-state index is 12.3. The zero-order valence-corrected chi connectivity index (χ0v) is 17.4. The smallest absolute Gasteiger partial charge is 0.387 e. The van der Waals surface area contributed by atoms with Crippen molar-refractivity contribution in [3.63, 3.8) is 0 Å². The lowest BCUT2D eigenvalue weighted by Crippen LogP contribution is -2.37. The summed E-state index contributed by atoms with van der Waals surface area (Å²) in [7, 11) is 1.67. The highest BCUT2D eigenvalue weighted by Gasteiger charge is 2.05. The molecular formula is C19H24F2IN3O2. The second kappa shape index (κ2) is 13.1. The van der Waals surface area contributed by atoms with Gasteiger partial charge in [-0.05, 0) is 36.2 Å². The molecule has 0 spiro atoms. The summed E-state index contributed by atoms with van der Waals surface area (Å²) in [5.41, 5.74) is 0.818. The Morgan fingerprint density at radius 2 is 1.78 bits per heavy atom. The van der Waals surface area contributed by atoms with Gasteiger partial charge in [-0.2, -0.15) is 8.78 Å². The van der Waals surface area contributed by atoms with Crippen molar-refractivity contribution in [2.45, 2.75) is 19.6 Å². The number of nitrogens with one attached hydrogen (secondary N) is 2. The van der Waals surface area contributed by atoms with Crippen molar-refractivity contribution in [1.29, 1.82) is 0 Å². The van der Waals surface area contributed by atoms with Crippen LogP contribution in [0.15, 0.2) is 59.6 Å². The number of rotatable bonds is 9. The number of guanidine groups is 1. The van der Waals surface area contributed by atoms with Crippen LogP contribution in [0.4, 0.5) is 8.78 Å². The third-order valence-electron chi connectivity index (χ3n) is 3.43. The second-order valence-electron chi connectivity index (χ2n) is 5.39. The minimum Gasteiger partial charge on any atom is -0.494 e. The highest BCUT2D eigenvalue weighted by molar-refractivity contribution is 14.0. The minimum atomic E-state index is -2.83. The molecule has 0 amide bonds. The van der Waals surface area contributed by atoms with Crippen LogP contribution in [-0.4, -0.2) is 32.8 Å². The Kier molecular flexibility index (Phi) is 11.2. The fourth-order valence-corrected chi connectivity index (χ4v) is 2.22. The van der Waals surface area contributed by atoms with Gasteiger partial charge in [0, 0.05) is 20.1 Å². The average Bonchev–Trinajstić information content (AvgIpc) is 2.64. The van der Waals surface area contributed by atoms with Crippen LogP contribution in [-0.2, 0) is 6.54 Å². The van der Waals surface area contributed by atoms with Gasteiger partial charge in [-0.3, -0.25) is 4.99 Å². The number of alkyl halides is 2. The van der Waals surface area contributed by atoms with Gasteiger partial charge in [-0.15, -0.1) is 24.0 Å². The van der Waals surface area contributed by atoms with E-state index in [0.29, 0.717) is 25.7 Å². The predicted octanol–water partition coefficient (Wildman–Crippen LogP) is 4.04. The molecule has 0 saturated heterocycles. The molecular weight excluding hydrogens is 467 g/mol. The van der Waals surface area contributed by atoms with E-state index in [4.69, 9.17) is 4.74 Å². The van der Waals surface area contributed by atoms with Crippen molar-refractivity contribution in [2.75, 3.05) is 20.2 Å². The number of hydrogen-bond acceptors (Lipinski definition) is 3. The van der Waals surface area contributed by atoms with E-state index in [2.05, 4.69) is 20.4 Å². The molecule has 2 rings (SSSR count). The third-order valence-corrected chi connectivity index (χ3v) is 3.43. The van der Waals surface area contributed by atoms with Gasteiger partial charge in [-0.25, -0.2) is 0 Å². The quantitative estimate of drug-likeness (QED) is 0.241. The van der Waals surface area contributed by atoms with E-state index in [1.54, 1.807) is 19.2 Å². The van der Waals surface area contributed by atoms with Gasteiger partial charge in [0.05, 0.1) is 6.61 Å². The van der Waals surface area contributed by atoms with Crippen molar-refractivity contribution >= 4 is 29.9 Å². The third kappa shape index (κ3) is 9.41. The Morgan fingerprint density at radius 3 is 2.48 bits per heavy atom. The molecule has 0 saturated carbocycles. The maximum Gasteiger partial charge on any atom is 0.387 e. The Hall–Kier alpha value is -2.10. The molecule has 0 unspecified atom stereocenters. The van der Waals surface area contributed by atoms with Crippen molar-refractivity contribution in [3.05, 3.63) is 60.2 Å². The van der Waals surface area contributed by atoms with Crippen LogP contribution in [0.3, 0.4) is 0 Å². The van der Waals surface area contributed by atoms with Crippen molar-refractivity contribution in [3.8, 4) is 11.5 Å². The summed E-state index contributed by atoms with van der Waals surface area (Å²) in [6.07, 6.45) is 0.813. The van der Waals surface area contributed by atoms with Gasteiger partial charge < -0.3 is 20.1 Å². The average molecular weight is 491 g/mol. The van der Waals surface area contributed by atoms with Gasteiger partial charge in [0.2, 0.25) is 0 Å². The summed E-state index contributed by atoms with van der Waals surface area (Å²) in [6, 6.07) is 16.2. The number of hydrogen-bond donors (Lipinski definition) is 2. The first-order valence-electron chi connectivity index (χ1n) is 8.33. The summed E-state index contributed by atoms with van der Waals surface area (Å²) < 4.78 is 34.5. The summed E-state index contributed by atoms with van der Waals surface area (Å²) in [6.45, 7) is -1.09. The molecule has 0 fully saturated rings. The molecule has 8 heteroatoms. The van der Waals surface area contributed by atoms with Crippen LogP contribution in [0.1, 0.15) is 12.0 Å². The summed E-state index contributed by atoms with van der Waals surface area (Å²) >= 11 is 0. The Morgan fingerprint density at radius 1 is 1.04 bits per heavy atom. The lowest BCUT2D eigenvalue weighted by atomic mass is 10.2. The van der Waals surface area contributed by atoms with Gasteiger partial charge in [0.15, 0.2) is 5.96 Å². The Balaban J connectivity index is 0.00000364. The molecule has 0 aliphatic carbocycles. The van der Waals surface area contributed by atoms with Crippen LogP contribution in [0.5, 0.6) is 11.5 Å². The lowest BCUT2D eigenvalue weighted by Gasteiger charge is -2.13. The van der Waals surface area contributed by atoms with Crippen molar-refractivity contribution < 1.29 is 18.3 Å². The zero-order valence-electron chi connectivity index (χ0n) is 15.0. The number of benzene rings is 2. The molecule has 0 radical (unpaired) electrons. The molecule has 5 nitrogen and oxygen atoms in total. The van der Waals surface area contributed by atoms with E-state index >= 15 is 0 Å². The van der Waals surface area contributed by atoms with Crippen LogP contribution in [0, 0.1) is 0 Å². The molecule has 0 aromatic heterocycles. The van der Waals surface area contributed by atoms with Crippen LogP contribution in [0.2, 0.25) is 0 Å². The first-order valence-corrected chi connectivity index (χ1v) is 8.33. The predicted molar refractivity (Wildman–Crippen MR) is 113 cm³/mol. The van der Waals surface area contributed by atoms with Gasteiger partial charge >= 0.3 is 6.61 Å². The SMILES string of the molecule is CN=C(NCCCOc1ccccc1)NCc1cccc(OC(F)F)c1.I. The molecule has 0 heterocycles. The van der Waals surface area contributed by atoms with Gasteiger partial charge in [0.25, 0.3) is 0 Å². The summed E-state index contributed by atoms with van der Waals surface area (Å²) in [5.74, 6) is 1.62. The van der Waals surface area contributed by atoms with Gasteiger partial charge in [0.1, 0.15) is 11.5 Å². The molecule has 0 bridgehead atoms. The molecule has 0 atom stereocenters. The zero-order chi connectivity index (χ0) is 18.6. The number of halogens is 3. The van der Waals surface area contributed by atoms with Crippen LogP contribution in [0.25, 0.3) is 0 Å². The monoisotopic (exact) mass is 491 g/mol. The molecule has 148 valence electrons. The fraction of sp³-hybridized carbons (Fsp3) is 0.316. The number of nitrogens with zero attached hydrogens (tertiary/aromatic N) is 1. The highest BCUT2D eigenvalue weighted by Crippen LogP contribution is 2.15. The van der Waals surface area contributed by atoms with E-state index in [-0.39, 0.29) is 29.7 Å². The van der Waals surface area contributed by atoms with Crippen LogP contribution < -0.4 is 20.1 Å². The topological polar surface area (TPSA) is 54.9 Å². The molecule has 2 aromatic rings. The van der Waals surface area contributed by atoms with E-state index in [9.17, 15) is 8.78 Å². The number of ether oxygens (including phenoxy) is 2. The van der Waals surface area contributed by atoms with E-state index in [1.165, 1.54) is 6.07 Å². The normalized spacial score (nSPS) is 10.9. The molecule has 0 aliphatic rings. The lowest BCUT2D eigenvalue weighted by molar-refractivity contribution is -0.0498. The van der Waals surface area contributed by atoms with Crippen molar-refractivity contribution in [1.82, 2.24) is 10.6 Å². The number of para-hydroxylation sites is 1. The summed E-state index contributed by atoms with van der Waals surface area (Å²) in [5, 5.41) is 6.31. The fourth-order valence-electron chi connectivity index (χ4n) is 2.22. The minimum absolute atomic E-state index is 0. The Bertz CT molecular complexity index is 688. The largest absolute Gasteiger partial charge is 0.494 e. The highest BCUT2D eigenvalue weighted by atomic mass is 127. The molecule has 27 heavy (non-hydrogen) atoms. The van der Waals surface area contributed by atoms with Crippen molar-refractivity contribution in [2.24, 2.45) is 4.99 Å². The standard InChI is InChI=1S/C19H23F2N3O2.HI/c1-22-19(23-11-6-12-25-16-8-3-2-4-9-16)24-14-15-7-5-10-17(13-15)26-18(20)21;/h2-5,7-10,13,18H,6,11-12,14H2,1H3,(H2,22,23,24);1H. The maximum absolute atomic E-state index is 12.3. The first kappa shape index (κ1) is 22.9. The Labute approximate surface area is 175 Å². The van der Waals surface area contributed by atoms with Gasteiger partial charge in [-0.1, -0.05) is 30.3 Å². The number of aliphatic imine (C=N–C) groups is 1. The van der Waals surface area contributed by atoms with E-state index in [1.807, 2.05) is 36.4 Å². The first-order chi connectivity index (χ1) is 12.7. The molecule has 0 aliphatic heterocycles.